The number of ether oxygens (including phenoxy) is 1. The summed E-state index contributed by atoms with van der Waals surface area (Å²) in [5.41, 5.74) is -0.201. The zero-order valence-electron chi connectivity index (χ0n) is 13.0. The Morgan fingerprint density at radius 1 is 1.08 bits per heavy atom. The Morgan fingerprint density at radius 2 is 1.72 bits per heavy atom. The topological polar surface area (TPSA) is 89.5 Å². The summed E-state index contributed by atoms with van der Waals surface area (Å²) in [4.78, 5) is 23.5. The van der Waals surface area contributed by atoms with E-state index < -0.39 is 40.0 Å². The molecule has 0 heterocycles. The van der Waals surface area contributed by atoms with E-state index in [-0.39, 0.29) is 16.1 Å². The van der Waals surface area contributed by atoms with Gasteiger partial charge in [0.15, 0.2) is 16.4 Å². The molecule has 0 unspecified atom stereocenters. The second-order valence-electron chi connectivity index (χ2n) is 5.05. The van der Waals surface area contributed by atoms with Crippen molar-refractivity contribution in [1.82, 2.24) is 0 Å². The first kappa shape index (κ1) is 18.5. The first-order valence-electron chi connectivity index (χ1n) is 6.89. The second kappa shape index (κ2) is 7.39. The lowest BCUT2D eigenvalue weighted by molar-refractivity contribution is -0.119. The number of benzene rings is 2. The van der Waals surface area contributed by atoms with Crippen LogP contribution in [0.4, 0.5) is 14.5 Å². The van der Waals surface area contributed by atoms with Crippen LogP contribution < -0.4 is 5.32 Å². The minimum Gasteiger partial charge on any atom is -0.452 e. The van der Waals surface area contributed by atoms with Crippen LogP contribution in [-0.2, 0) is 19.4 Å². The number of halogens is 2. The van der Waals surface area contributed by atoms with Crippen molar-refractivity contribution in [2.75, 3.05) is 18.2 Å². The summed E-state index contributed by atoms with van der Waals surface area (Å²) in [6.45, 7) is -0.691. The Labute approximate surface area is 142 Å². The molecule has 0 aliphatic carbocycles. The van der Waals surface area contributed by atoms with Gasteiger partial charge in [0.1, 0.15) is 11.6 Å². The van der Waals surface area contributed by atoms with E-state index >= 15 is 0 Å². The number of amides is 1. The third kappa shape index (κ3) is 5.08. The van der Waals surface area contributed by atoms with Crippen LogP contribution >= 0.6 is 0 Å². The molecule has 2 rings (SSSR count). The highest BCUT2D eigenvalue weighted by Crippen LogP contribution is 2.15. The van der Waals surface area contributed by atoms with E-state index in [1.54, 1.807) is 0 Å². The number of hydrogen-bond acceptors (Lipinski definition) is 5. The SMILES string of the molecule is CS(=O)(=O)c1ccc(C(=O)OCC(=O)Nc2ccc(F)cc2F)cc1. The average Bonchev–Trinajstić information content (AvgIpc) is 2.54. The van der Waals surface area contributed by atoms with Crippen LogP contribution in [0, 0.1) is 11.6 Å². The lowest BCUT2D eigenvalue weighted by Gasteiger charge is -2.08. The lowest BCUT2D eigenvalue weighted by atomic mass is 10.2. The Kier molecular flexibility index (Phi) is 5.48. The number of rotatable bonds is 5. The molecule has 1 amide bonds. The van der Waals surface area contributed by atoms with Crippen molar-refractivity contribution >= 4 is 27.4 Å². The molecule has 0 aliphatic rings. The van der Waals surface area contributed by atoms with Crippen molar-refractivity contribution in [1.29, 1.82) is 0 Å². The number of carbonyl (C=O) groups excluding carboxylic acids is 2. The van der Waals surface area contributed by atoms with E-state index in [1.165, 1.54) is 24.3 Å². The molecule has 1 N–H and O–H groups in total. The molecule has 6 nitrogen and oxygen atoms in total. The Bertz CT molecular complexity index is 911. The average molecular weight is 369 g/mol. The van der Waals surface area contributed by atoms with Gasteiger partial charge in [-0.05, 0) is 36.4 Å². The summed E-state index contributed by atoms with van der Waals surface area (Å²) in [6, 6.07) is 7.57. The highest BCUT2D eigenvalue weighted by atomic mass is 32.2. The summed E-state index contributed by atoms with van der Waals surface area (Å²) in [7, 11) is -3.39. The summed E-state index contributed by atoms with van der Waals surface area (Å²) < 4.78 is 53.6. The van der Waals surface area contributed by atoms with Crippen LogP contribution in [0.3, 0.4) is 0 Å². The standard InChI is InChI=1S/C16H13F2NO5S/c1-25(22,23)12-5-2-10(3-6-12)16(21)24-9-15(20)19-14-7-4-11(17)8-13(14)18/h2-8H,9H2,1H3,(H,19,20). The molecule has 0 saturated carbocycles. The normalized spacial score (nSPS) is 11.0. The molecular weight excluding hydrogens is 356 g/mol. The first-order chi connectivity index (χ1) is 11.7. The molecule has 0 aliphatic heterocycles. The monoisotopic (exact) mass is 369 g/mol. The minimum absolute atomic E-state index is 0.0357. The van der Waals surface area contributed by atoms with Gasteiger partial charge >= 0.3 is 5.97 Å². The van der Waals surface area contributed by atoms with E-state index in [0.29, 0.717) is 6.07 Å². The Balaban J connectivity index is 1.94. The van der Waals surface area contributed by atoms with Crippen molar-refractivity contribution in [3.05, 3.63) is 59.7 Å². The highest BCUT2D eigenvalue weighted by molar-refractivity contribution is 7.90. The predicted octanol–water partition coefficient (Wildman–Crippen LogP) is 2.16. The summed E-state index contributed by atoms with van der Waals surface area (Å²) >= 11 is 0. The van der Waals surface area contributed by atoms with Gasteiger partial charge < -0.3 is 10.1 Å². The molecule has 2 aromatic rings. The fourth-order valence-corrected chi connectivity index (χ4v) is 2.46. The van der Waals surface area contributed by atoms with Crippen LogP contribution in [0.2, 0.25) is 0 Å². The van der Waals surface area contributed by atoms with E-state index in [1.807, 2.05) is 0 Å². The van der Waals surface area contributed by atoms with Gasteiger partial charge in [-0.1, -0.05) is 0 Å². The summed E-state index contributed by atoms with van der Waals surface area (Å²) in [5.74, 6) is -3.42. The first-order valence-corrected chi connectivity index (χ1v) is 8.78. The number of esters is 1. The van der Waals surface area contributed by atoms with E-state index in [9.17, 15) is 26.8 Å². The molecule has 0 atom stereocenters. The molecule has 25 heavy (non-hydrogen) atoms. The van der Waals surface area contributed by atoms with Crippen molar-refractivity contribution in [3.8, 4) is 0 Å². The van der Waals surface area contributed by atoms with Crippen molar-refractivity contribution < 1.29 is 31.5 Å². The van der Waals surface area contributed by atoms with E-state index in [4.69, 9.17) is 4.74 Å². The second-order valence-corrected chi connectivity index (χ2v) is 7.06. The van der Waals surface area contributed by atoms with Crippen molar-refractivity contribution in [2.24, 2.45) is 0 Å². The fraction of sp³-hybridized carbons (Fsp3) is 0.125. The molecule has 0 fully saturated rings. The molecule has 0 radical (unpaired) electrons. The van der Waals surface area contributed by atoms with Crippen LogP contribution in [0.1, 0.15) is 10.4 Å². The van der Waals surface area contributed by atoms with Gasteiger partial charge in [0, 0.05) is 12.3 Å². The number of sulfone groups is 1. The van der Waals surface area contributed by atoms with Gasteiger partial charge in [-0.15, -0.1) is 0 Å². The van der Waals surface area contributed by atoms with E-state index in [2.05, 4.69) is 5.32 Å². The number of hydrogen-bond donors (Lipinski definition) is 1. The van der Waals surface area contributed by atoms with Gasteiger partial charge in [0.05, 0.1) is 16.1 Å². The van der Waals surface area contributed by atoms with Gasteiger partial charge in [0.25, 0.3) is 5.91 Å². The molecule has 0 aromatic heterocycles. The fourth-order valence-electron chi connectivity index (χ4n) is 1.83. The maximum Gasteiger partial charge on any atom is 0.338 e. The molecule has 9 heteroatoms. The Morgan fingerprint density at radius 3 is 2.28 bits per heavy atom. The maximum atomic E-state index is 13.4. The number of anilines is 1. The molecule has 0 saturated heterocycles. The maximum absolute atomic E-state index is 13.4. The highest BCUT2D eigenvalue weighted by Gasteiger charge is 2.14. The van der Waals surface area contributed by atoms with Crippen LogP contribution in [0.15, 0.2) is 47.4 Å². The van der Waals surface area contributed by atoms with Crippen molar-refractivity contribution in [3.63, 3.8) is 0 Å². The third-order valence-electron chi connectivity index (χ3n) is 3.06. The van der Waals surface area contributed by atoms with Crippen molar-refractivity contribution in [2.45, 2.75) is 4.90 Å². The molecule has 0 spiro atoms. The number of carbonyl (C=O) groups is 2. The zero-order valence-corrected chi connectivity index (χ0v) is 13.8. The molecule has 2 aromatic carbocycles. The zero-order chi connectivity index (χ0) is 18.6. The van der Waals surface area contributed by atoms with Gasteiger partial charge in [0.2, 0.25) is 0 Å². The van der Waals surface area contributed by atoms with Gasteiger partial charge in [-0.2, -0.15) is 0 Å². The number of nitrogens with one attached hydrogen (secondary N) is 1. The molecule has 132 valence electrons. The smallest absolute Gasteiger partial charge is 0.338 e. The molecular formula is C16H13F2NO5S. The van der Waals surface area contributed by atoms with Crippen LogP contribution in [0.25, 0.3) is 0 Å². The van der Waals surface area contributed by atoms with Gasteiger partial charge in [-0.25, -0.2) is 22.0 Å². The lowest BCUT2D eigenvalue weighted by Crippen LogP contribution is -2.21. The predicted molar refractivity (Wildman–Crippen MR) is 84.8 cm³/mol. The van der Waals surface area contributed by atoms with Crippen LogP contribution in [0.5, 0.6) is 0 Å². The van der Waals surface area contributed by atoms with Crippen LogP contribution in [-0.4, -0.2) is 33.2 Å². The third-order valence-corrected chi connectivity index (χ3v) is 4.19. The molecule has 0 bridgehead atoms. The summed E-state index contributed by atoms with van der Waals surface area (Å²) in [6.07, 6.45) is 1.03. The largest absolute Gasteiger partial charge is 0.452 e. The summed E-state index contributed by atoms with van der Waals surface area (Å²) in [5, 5.41) is 2.14. The minimum atomic E-state index is -3.39. The quantitative estimate of drug-likeness (QED) is 0.816. The Hall–Kier alpha value is -2.81. The van der Waals surface area contributed by atoms with E-state index in [0.717, 1.165) is 18.4 Å². The van der Waals surface area contributed by atoms with Gasteiger partial charge in [-0.3, -0.25) is 4.79 Å².